The van der Waals surface area contributed by atoms with Gasteiger partial charge in [-0.15, -0.1) is 0 Å². The van der Waals surface area contributed by atoms with Crippen molar-refractivity contribution < 1.29 is 13.2 Å². The van der Waals surface area contributed by atoms with Gasteiger partial charge in [-0.2, -0.15) is 0 Å². The zero-order valence-corrected chi connectivity index (χ0v) is 12.5. The van der Waals surface area contributed by atoms with E-state index in [4.69, 9.17) is 0 Å². The minimum atomic E-state index is -3.07. The summed E-state index contributed by atoms with van der Waals surface area (Å²) in [6.07, 6.45) is 4.85. The van der Waals surface area contributed by atoms with Crippen molar-refractivity contribution in [1.82, 2.24) is 9.88 Å². The number of amides is 1. The molecule has 110 valence electrons. The standard InChI is InChI=1S/C14H20N2O3S/c1-11-12(3-7-15-11)13(17)16-8-6-14(4-2-5-14)20(18,19)10-9-16/h3,7,15H,2,4-6,8-10H2,1H3. The molecule has 2 aliphatic rings. The summed E-state index contributed by atoms with van der Waals surface area (Å²) in [6, 6.07) is 1.76. The smallest absolute Gasteiger partial charge is 0.255 e. The predicted octanol–water partition coefficient (Wildman–Crippen LogP) is 1.51. The third-order valence-corrected chi connectivity index (χ3v) is 7.52. The summed E-state index contributed by atoms with van der Waals surface area (Å²) in [7, 11) is -3.07. The molecule has 0 aromatic carbocycles. The normalized spacial score (nSPS) is 24.1. The van der Waals surface area contributed by atoms with E-state index in [1.807, 2.05) is 6.92 Å². The maximum absolute atomic E-state index is 12.5. The fraction of sp³-hybridized carbons (Fsp3) is 0.643. The van der Waals surface area contributed by atoms with Gasteiger partial charge < -0.3 is 9.88 Å². The van der Waals surface area contributed by atoms with E-state index in [1.54, 1.807) is 17.2 Å². The number of aromatic nitrogens is 1. The van der Waals surface area contributed by atoms with Crippen molar-refractivity contribution in [3.8, 4) is 0 Å². The summed E-state index contributed by atoms with van der Waals surface area (Å²) < 4.78 is 24.2. The predicted molar refractivity (Wildman–Crippen MR) is 76.4 cm³/mol. The third kappa shape index (κ3) is 1.97. The first-order valence-electron chi connectivity index (χ1n) is 7.11. The van der Waals surface area contributed by atoms with E-state index in [0.29, 0.717) is 25.1 Å². The fourth-order valence-corrected chi connectivity index (χ4v) is 5.45. The Labute approximate surface area is 119 Å². The van der Waals surface area contributed by atoms with E-state index in [1.165, 1.54) is 0 Å². The van der Waals surface area contributed by atoms with E-state index in [2.05, 4.69) is 4.98 Å². The first-order chi connectivity index (χ1) is 9.45. The van der Waals surface area contributed by atoms with Crippen LogP contribution in [0.2, 0.25) is 0 Å². The van der Waals surface area contributed by atoms with Crippen LogP contribution in [0.3, 0.4) is 0 Å². The van der Waals surface area contributed by atoms with Crippen molar-refractivity contribution in [3.05, 3.63) is 23.5 Å². The van der Waals surface area contributed by atoms with Crippen LogP contribution >= 0.6 is 0 Å². The summed E-state index contributed by atoms with van der Waals surface area (Å²) in [5.41, 5.74) is 1.48. The zero-order chi connectivity index (χ0) is 14.4. The molecule has 1 aliphatic carbocycles. The molecule has 6 heteroatoms. The van der Waals surface area contributed by atoms with Crippen molar-refractivity contribution in [2.45, 2.75) is 37.4 Å². The number of rotatable bonds is 1. The molecule has 1 saturated carbocycles. The molecule has 1 saturated heterocycles. The number of carbonyl (C=O) groups excluding carboxylic acids is 1. The number of sulfone groups is 1. The average Bonchev–Trinajstić information content (AvgIpc) is 2.69. The number of nitrogens with one attached hydrogen (secondary N) is 1. The Balaban J connectivity index is 1.81. The van der Waals surface area contributed by atoms with Gasteiger partial charge in [0, 0.05) is 25.0 Å². The number of aromatic amines is 1. The minimum Gasteiger partial charge on any atom is -0.365 e. The van der Waals surface area contributed by atoms with Crippen LogP contribution < -0.4 is 0 Å². The summed E-state index contributed by atoms with van der Waals surface area (Å²) in [5, 5.41) is 0. The molecule has 1 amide bonds. The van der Waals surface area contributed by atoms with Gasteiger partial charge in [-0.1, -0.05) is 6.42 Å². The van der Waals surface area contributed by atoms with Crippen molar-refractivity contribution in [3.63, 3.8) is 0 Å². The molecule has 0 bridgehead atoms. The Hall–Kier alpha value is -1.30. The number of hydrogen-bond acceptors (Lipinski definition) is 3. The van der Waals surface area contributed by atoms with Gasteiger partial charge >= 0.3 is 0 Å². The Morgan fingerprint density at radius 2 is 2.05 bits per heavy atom. The van der Waals surface area contributed by atoms with Crippen molar-refractivity contribution in [1.29, 1.82) is 0 Å². The van der Waals surface area contributed by atoms with Crippen LogP contribution in [0, 0.1) is 6.92 Å². The van der Waals surface area contributed by atoms with Gasteiger partial charge in [0.1, 0.15) is 0 Å². The second-order valence-electron chi connectivity index (χ2n) is 5.91. The highest BCUT2D eigenvalue weighted by Gasteiger charge is 2.49. The van der Waals surface area contributed by atoms with Gasteiger partial charge in [0.05, 0.1) is 16.1 Å². The van der Waals surface area contributed by atoms with Crippen LogP contribution in [0.4, 0.5) is 0 Å². The molecular weight excluding hydrogens is 276 g/mol. The van der Waals surface area contributed by atoms with Gasteiger partial charge in [0.2, 0.25) is 0 Å². The lowest BCUT2D eigenvalue weighted by Gasteiger charge is -2.39. The molecule has 1 aliphatic heterocycles. The quantitative estimate of drug-likeness (QED) is 0.854. The first kappa shape index (κ1) is 13.7. The zero-order valence-electron chi connectivity index (χ0n) is 11.7. The maximum Gasteiger partial charge on any atom is 0.255 e. The summed E-state index contributed by atoms with van der Waals surface area (Å²) >= 11 is 0. The Kier molecular flexibility index (Phi) is 3.16. The molecule has 2 heterocycles. The number of aryl methyl sites for hydroxylation is 1. The Morgan fingerprint density at radius 3 is 2.60 bits per heavy atom. The molecule has 1 aromatic rings. The summed E-state index contributed by atoms with van der Waals surface area (Å²) in [5.74, 6) is 0.0395. The fourth-order valence-electron chi connectivity index (χ4n) is 3.24. The van der Waals surface area contributed by atoms with E-state index < -0.39 is 14.6 Å². The van der Waals surface area contributed by atoms with Gasteiger partial charge in [0.25, 0.3) is 5.91 Å². The molecule has 0 atom stereocenters. The van der Waals surface area contributed by atoms with Crippen molar-refractivity contribution >= 4 is 15.7 Å². The van der Waals surface area contributed by atoms with Crippen LogP contribution in [0.5, 0.6) is 0 Å². The first-order valence-corrected chi connectivity index (χ1v) is 8.76. The second-order valence-corrected chi connectivity index (χ2v) is 8.42. The number of carbonyl (C=O) groups is 1. The number of hydrogen-bond donors (Lipinski definition) is 1. The van der Waals surface area contributed by atoms with Crippen molar-refractivity contribution in [2.75, 3.05) is 18.8 Å². The maximum atomic E-state index is 12.5. The average molecular weight is 296 g/mol. The number of H-pyrrole nitrogens is 1. The van der Waals surface area contributed by atoms with Crippen LogP contribution in [0.25, 0.3) is 0 Å². The summed E-state index contributed by atoms with van der Waals surface area (Å²) in [4.78, 5) is 17.2. The topological polar surface area (TPSA) is 70.2 Å². The lowest BCUT2D eigenvalue weighted by atomic mass is 9.81. The van der Waals surface area contributed by atoms with E-state index in [0.717, 1.165) is 25.0 Å². The van der Waals surface area contributed by atoms with Crippen molar-refractivity contribution in [2.24, 2.45) is 0 Å². The molecule has 0 unspecified atom stereocenters. The van der Waals surface area contributed by atoms with Gasteiger partial charge in [-0.25, -0.2) is 8.42 Å². The van der Waals surface area contributed by atoms with E-state index in [-0.39, 0.29) is 11.7 Å². The van der Waals surface area contributed by atoms with Crippen LogP contribution in [0.1, 0.15) is 41.7 Å². The highest BCUT2D eigenvalue weighted by atomic mass is 32.2. The Morgan fingerprint density at radius 1 is 1.30 bits per heavy atom. The summed E-state index contributed by atoms with van der Waals surface area (Å²) in [6.45, 7) is 2.71. The SMILES string of the molecule is Cc1[nH]ccc1C(=O)N1CCC2(CCC2)S(=O)(=O)CC1. The molecule has 3 rings (SSSR count). The van der Waals surface area contributed by atoms with Gasteiger partial charge in [0.15, 0.2) is 9.84 Å². The lowest BCUT2D eigenvalue weighted by molar-refractivity contribution is 0.0758. The molecule has 5 nitrogen and oxygen atoms in total. The molecular formula is C14H20N2O3S. The van der Waals surface area contributed by atoms with Crippen LogP contribution in [-0.2, 0) is 9.84 Å². The molecule has 1 aromatic heterocycles. The van der Waals surface area contributed by atoms with Gasteiger partial charge in [-0.3, -0.25) is 4.79 Å². The minimum absolute atomic E-state index is 0.0599. The number of nitrogens with zero attached hydrogens (tertiary/aromatic N) is 1. The van der Waals surface area contributed by atoms with E-state index >= 15 is 0 Å². The molecule has 1 spiro atoms. The monoisotopic (exact) mass is 296 g/mol. The molecule has 2 fully saturated rings. The van der Waals surface area contributed by atoms with Gasteiger partial charge in [-0.05, 0) is 32.3 Å². The molecule has 0 radical (unpaired) electrons. The highest BCUT2D eigenvalue weighted by Crippen LogP contribution is 2.44. The van der Waals surface area contributed by atoms with E-state index in [9.17, 15) is 13.2 Å². The largest absolute Gasteiger partial charge is 0.365 e. The molecule has 20 heavy (non-hydrogen) atoms. The lowest BCUT2D eigenvalue weighted by Crippen LogP contribution is -2.46. The Bertz CT molecular complexity index is 629. The third-order valence-electron chi connectivity index (χ3n) is 4.86. The molecule has 1 N–H and O–H groups in total. The highest BCUT2D eigenvalue weighted by molar-refractivity contribution is 7.92. The van der Waals surface area contributed by atoms with Crippen LogP contribution in [-0.4, -0.2) is 47.8 Å². The van der Waals surface area contributed by atoms with Crippen LogP contribution in [0.15, 0.2) is 12.3 Å². The second kappa shape index (κ2) is 4.62.